The van der Waals surface area contributed by atoms with Crippen LogP contribution >= 0.6 is 0 Å². The van der Waals surface area contributed by atoms with Gasteiger partial charge in [0.15, 0.2) is 0 Å². The summed E-state index contributed by atoms with van der Waals surface area (Å²) >= 11 is 0. The van der Waals surface area contributed by atoms with Gasteiger partial charge in [-0.1, -0.05) is 12.1 Å². The van der Waals surface area contributed by atoms with Gasteiger partial charge in [-0.05, 0) is 19.3 Å². The molecule has 0 bridgehead atoms. The summed E-state index contributed by atoms with van der Waals surface area (Å²) < 4.78 is 0. The number of rotatable bonds is 5. The third kappa shape index (κ3) is 2.90. The number of carboxylic acids is 1. The monoisotopic (exact) mass is 171 g/mol. The van der Waals surface area contributed by atoms with Crippen molar-refractivity contribution in [3.8, 4) is 0 Å². The van der Waals surface area contributed by atoms with Crippen LogP contribution < -0.4 is 0 Å². The predicted octanol–water partition coefficient (Wildman–Crippen LogP) is 1.26. The first-order valence-corrected chi connectivity index (χ1v) is 4.14. The average molecular weight is 171 g/mol. The van der Waals surface area contributed by atoms with Gasteiger partial charge in [0.2, 0.25) is 6.61 Å². The molecule has 12 heavy (non-hydrogen) atoms. The van der Waals surface area contributed by atoms with E-state index in [1.165, 1.54) is 12.8 Å². The van der Waals surface area contributed by atoms with E-state index >= 15 is 0 Å². The van der Waals surface area contributed by atoms with E-state index < -0.39 is 5.97 Å². The van der Waals surface area contributed by atoms with E-state index in [-0.39, 0.29) is 6.61 Å². The summed E-state index contributed by atoms with van der Waals surface area (Å²) in [7, 11) is 0. The third-order valence-corrected chi connectivity index (χ3v) is 1.78. The molecule has 1 rings (SSSR count). The first-order valence-electron chi connectivity index (χ1n) is 4.14. The lowest BCUT2D eigenvalue weighted by Gasteiger charge is -1.99. The molecule has 68 valence electrons. The Bertz CT molecular complexity index is 196. The molecule has 4 heteroatoms. The molecule has 0 saturated heterocycles. The maximum absolute atomic E-state index is 10.1. The van der Waals surface area contributed by atoms with Gasteiger partial charge in [-0.15, -0.1) is 0 Å². The molecule has 0 spiro atoms. The summed E-state index contributed by atoms with van der Waals surface area (Å²) in [5.74, 6) is -0.422. The summed E-state index contributed by atoms with van der Waals surface area (Å²) in [4.78, 5) is 14.7. The highest BCUT2D eigenvalue weighted by molar-refractivity contribution is 5.88. The smallest absolute Gasteiger partial charge is 0.344 e. The molecule has 1 fully saturated rings. The van der Waals surface area contributed by atoms with E-state index in [0.29, 0.717) is 5.92 Å². The Morgan fingerprint density at radius 2 is 2.33 bits per heavy atom. The molecule has 4 nitrogen and oxygen atoms in total. The molecule has 0 aliphatic heterocycles. The second-order valence-corrected chi connectivity index (χ2v) is 2.88. The van der Waals surface area contributed by atoms with Gasteiger partial charge < -0.3 is 9.94 Å². The van der Waals surface area contributed by atoms with Crippen LogP contribution in [-0.2, 0) is 9.63 Å². The van der Waals surface area contributed by atoms with Gasteiger partial charge in [-0.3, -0.25) is 0 Å². The molecule has 0 aromatic rings. The maximum atomic E-state index is 10.1. The van der Waals surface area contributed by atoms with Crippen molar-refractivity contribution in [2.24, 2.45) is 11.1 Å². The topological polar surface area (TPSA) is 58.9 Å². The normalized spacial score (nSPS) is 17.6. The van der Waals surface area contributed by atoms with Crippen LogP contribution in [0.5, 0.6) is 0 Å². The van der Waals surface area contributed by atoms with E-state index in [2.05, 4.69) is 9.99 Å². The molecular formula is C8H13NO3. The van der Waals surface area contributed by atoms with Crippen molar-refractivity contribution in [1.82, 2.24) is 0 Å². The minimum atomic E-state index is -0.981. The largest absolute Gasteiger partial charge is 0.479 e. The summed E-state index contributed by atoms with van der Waals surface area (Å²) in [5.41, 5.74) is 0.997. The lowest BCUT2D eigenvalue weighted by atomic mass is 10.2. The van der Waals surface area contributed by atoms with Crippen molar-refractivity contribution in [2.75, 3.05) is 6.61 Å². The number of oxime groups is 1. The van der Waals surface area contributed by atoms with E-state index in [9.17, 15) is 4.79 Å². The Kier molecular flexibility index (Phi) is 3.08. The molecule has 0 atom stereocenters. The van der Waals surface area contributed by atoms with Crippen LogP contribution in [0.1, 0.15) is 26.2 Å². The molecule has 1 N–H and O–H groups in total. The highest BCUT2D eigenvalue weighted by Crippen LogP contribution is 2.31. The number of carboxylic acid groups (broad SMARTS) is 1. The van der Waals surface area contributed by atoms with Crippen molar-refractivity contribution >= 4 is 11.7 Å². The van der Waals surface area contributed by atoms with Crippen molar-refractivity contribution in [1.29, 1.82) is 0 Å². The van der Waals surface area contributed by atoms with Gasteiger partial charge in [0.1, 0.15) is 0 Å². The predicted molar refractivity (Wildman–Crippen MR) is 44.0 cm³/mol. The average Bonchev–Trinajstić information content (AvgIpc) is 2.80. The maximum Gasteiger partial charge on any atom is 0.344 e. The van der Waals surface area contributed by atoms with Crippen LogP contribution in [-0.4, -0.2) is 23.4 Å². The lowest BCUT2D eigenvalue weighted by Crippen LogP contribution is -2.06. The quantitative estimate of drug-likeness (QED) is 0.500. The molecule has 0 amide bonds. The van der Waals surface area contributed by atoms with E-state index in [4.69, 9.17) is 5.11 Å². The zero-order chi connectivity index (χ0) is 8.97. The number of aliphatic carboxylic acids is 1. The van der Waals surface area contributed by atoms with E-state index in [0.717, 1.165) is 12.1 Å². The summed E-state index contributed by atoms with van der Waals surface area (Å²) in [6, 6.07) is 0. The highest BCUT2D eigenvalue weighted by atomic mass is 16.6. The fourth-order valence-corrected chi connectivity index (χ4v) is 1.01. The van der Waals surface area contributed by atoms with Crippen molar-refractivity contribution in [2.45, 2.75) is 26.2 Å². The van der Waals surface area contributed by atoms with Crippen LogP contribution in [0, 0.1) is 5.92 Å². The molecule has 1 aliphatic rings. The third-order valence-electron chi connectivity index (χ3n) is 1.78. The van der Waals surface area contributed by atoms with Gasteiger partial charge in [0.05, 0.1) is 5.71 Å². The fourth-order valence-electron chi connectivity index (χ4n) is 1.01. The van der Waals surface area contributed by atoms with Gasteiger partial charge in [0.25, 0.3) is 0 Å². The Hall–Kier alpha value is -1.06. The standard InChI is InChI=1S/C8H13NO3/c1-2-7(6-3-4-6)9-12-5-8(10)11/h6H,2-5H2,1H3,(H,10,11). The number of hydrogen-bond donors (Lipinski definition) is 1. The zero-order valence-corrected chi connectivity index (χ0v) is 7.12. The van der Waals surface area contributed by atoms with Gasteiger partial charge >= 0.3 is 5.97 Å². The van der Waals surface area contributed by atoms with Gasteiger partial charge in [-0.25, -0.2) is 4.79 Å². The van der Waals surface area contributed by atoms with Gasteiger partial charge in [-0.2, -0.15) is 0 Å². The molecule has 0 aromatic heterocycles. The molecule has 0 radical (unpaired) electrons. The Labute approximate surface area is 71.2 Å². The first-order chi connectivity index (χ1) is 5.74. The minimum Gasteiger partial charge on any atom is -0.479 e. The second-order valence-electron chi connectivity index (χ2n) is 2.88. The van der Waals surface area contributed by atoms with Crippen LogP contribution in [0.15, 0.2) is 5.16 Å². The molecule has 0 heterocycles. The molecular weight excluding hydrogens is 158 g/mol. The zero-order valence-electron chi connectivity index (χ0n) is 7.12. The van der Waals surface area contributed by atoms with Crippen molar-refractivity contribution in [3.05, 3.63) is 0 Å². The summed E-state index contributed by atoms with van der Waals surface area (Å²) in [6.07, 6.45) is 3.19. The number of carbonyl (C=O) groups is 1. The number of hydrogen-bond acceptors (Lipinski definition) is 3. The van der Waals surface area contributed by atoms with Gasteiger partial charge in [0, 0.05) is 5.92 Å². The minimum absolute atomic E-state index is 0.337. The van der Waals surface area contributed by atoms with Crippen LogP contribution in [0.2, 0.25) is 0 Å². The molecule has 1 aliphatic carbocycles. The summed E-state index contributed by atoms with van der Waals surface area (Å²) in [5, 5.41) is 12.0. The van der Waals surface area contributed by atoms with Crippen LogP contribution in [0.25, 0.3) is 0 Å². The second kappa shape index (κ2) is 4.09. The summed E-state index contributed by atoms with van der Waals surface area (Å²) in [6.45, 7) is 1.66. The van der Waals surface area contributed by atoms with E-state index in [1.54, 1.807) is 0 Å². The Morgan fingerprint density at radius 3 is 2.75 bits per heavy atom. The molecule has 0 unspecified atom stereocenters. The molecule has 1 saturated carbocycles. The fraction of sp³-hybridized carbons (Fsp3) is 0.750. The first kappa shape index (κ1) is 9.03. The molecule has 0 aromatic carbocycles. The van der Waals surface area contributed by atoms with Crippen LogP contribution in [0.3, 0.4) is 0 Å². The highest BCUT2D eigenvalue weighted by Gasteiger charge is 2.26. The SMILES string of the molecule is CCC(=NOCC(=O)O)C1CC1. The number of nitrogens with zero attached hydrogens (tertiary/aromatic N) is 1. The lowest BCUT2D eigenvalue weighted by molar-refractivity contribution is -0.142. The van der Waals surface area contributed by atoms with Crippen molar-refractivity contribution < 1.29 is 14.7 Å². The Morgan fingerprint density at radius 1 is 1.67 bits per heavy atom. The van der Waals surface area contributed by atoms with E-state index in [1.807, 2.05) is 6.92 Å². The van der Waals surface area contributed by atoms with Crippen LogP contribution in [0.4, 0.5) is 0 Å². The van der Waals surface area contributed by atoms with Crippen molar-refractivity contribution in [3.63, 3.8) is 0 Å². The Balaban J connectivity index is 2.26.